The number of halogens is 1. The number of carbonyl (C=O) groups is 2. The van der Waals surface area contributed by atoms with E-state index in [1.54, 1.807) is 12.1 Å². The molecular formula is C16H18ClN5O2S. The molecular weight excluding hydrogens is 362 g/mol. The van der Waals surface area contributed by atoms with Gasteiger partial charge in [0, 0.05) is 43.5 Å². The van der Waals surface area contributed by atoms with Crippen LogP contribution in [-0.2, 0) is 17.8 Å². The SMILES string of the molecule is CN1CCc2nc(C(=O)NCCC(=O)Nc3ccc(Cl)cn3)sc2C1. The summed E-state index contributed by atoms with van der Waals surface area (Å²) in [7, 11) is 2.05. The highest BCUT2D eigenvalue weighted by molar-refractivity contribution is 7.13. The molecule has 0 atom stereocenters. The Kier molecular flexibility index (Phi) is 5.62. The van der Waals surface area contributed by atoms with Crippen LogP contribution in [0.5, 0.6) is 0 Å². The first-order chi connectivity index (χ1) is 12.0. The van der Waals surface area contributed by atoms with E-state index in [0.717, 1.165) is 30.1 Å². The van der Waals surface area contributed by atoms with E-state index in [9.17, 15) is 9.59 Å². The van der Waals surface area contributed by atoms with Crippen molar-refractivity contribution in [2.45, 2.75) is 19.4 Å². The van der Waals surface area contributed by atoms with Gasteiger partial charge in [0.1, 0.15) is 5.82 Å². The fraction of sp³-hybridized carbons (Fsp3) is 0.375. The minimum absolute atomic E-state index is 0.157. The molecule has 1 aliphatic heterocycles. The molecule has 3 rings (SSSR count). The molecule has 0 aliphatic carbocycles. The van der Waals surface area contributed by atoms with E-state index in [-0.39, 0.29) is 24.8 Å². The Balaban J connectivity index is 1.46. The minimum Gasteiger partial charge on any atom is -0.349 e. The molecule has 25 heavy (non-hydrogen) atoms. The third kappa shape index (κ3) is 4.75. The van der Waals surface area contributed by atoms with Gasteiger partial charge in [0.15, 0.2) is 5.01 Å². The van der Waals surface area contributed by atoms with Gasteiger partial charge >= 0.3 is 0 Å². The summed E-state index contributed by atoms with van der Waals surface area (Å²) in [6.07, 6.45) is 2.48. The van der Waals surface area contributed by atoms with Crippen LogP contribution in [0.25, 0.3) is 0 Å². The highest BCUT2D eigenvalue weighted by Gasteiger charge is 2.21. The maximum absolute atomic E-state index is 12.2. The summed E-state index contributed by atoms with van der Waals surface area (Å²) in [5.41, 5.74) is 1.01. The summed E-state index contributed by atoms with van der Waals surface area (Å²) < 4.78 is 0. The summed E-state index contributed by atoms with van der Waals surface area (Å²) in [6.45, 7) is 2.02. The van der Waals surface area contributed by atoms with Gasteiger partial charge in [-0.05, 0) is 19.2 Å². The molecule has 132 valence electrons. The normalized spacial score (nSPS) is 14.0. The number of likely N-dealkylation sites (N-methyl/N-ethyl adjacent to an activating group) is 1. The minimum atomic E-state index is -0.237. The zero-order valence-corrected chi connectivity index (χ0v) is 15.3. The van der Waals surface area contributed by atoms with Crippen molar-refractivity contribution >= 4 is 40.6 Å². The standard InChI is InChI=1S/C16H18ClN5O2S/c1-22-7-5-11-12(9-22)25-16(20-11)15(24)18-6-4-14(23)21-13-3-2-10(17)8-19-13/h2-3,8H,4-7,9H2,1H3,(H,18,24)(H,19,21,23). The Morgan fingerprint density at radius 2 is 2.24 bits per heavy atom. The molecule has 0 spiro atoms. The number of hydrogen-bond donors (Lipinski definition) is 2. The van der Waals surface area contributed by atoms with E-state index in [0.29, 0.717) is 15.8 Å². The topological polar surface area (TPSA) is 87.2 Å². The molecule has 0 radical (unpaired) electrons. The summed E-state index contributed by atoms with van der Waals surface area (Å²) >= 11 is 7.16. The average molecular weight is 380 g/mol. The molecule has 3 heterocycles. The Hall–Kier alpha value is -2.03. The van der Waals surface area contributed by atoms with Crippen molar-refractivity contribution in [2.24, 2.45) is 0 Å². The van der Waals surface area contributed by atoms with Crippen molar-refractivity contribution in [3.63, 3.8) is 0 Å². The summed E-state index contributed by atoms with van der Waals surface area (Å²) in [4.78, 5) is 35.8. The molecule has 0 bridgehead atoms. The molecule has 2 amide bonds. The predicted molar refractivity (Wildman–Crippen MR) is 97.0 cm³/mol. The van der Waals surface area contributed by atoms with E-state index in [4.69, 9.17) is 11.6 Å². The molecule has 0 saturated heterocycles. The molecule has 2 aromatic heterocycles. The van der Waals surface area contributed by atoms with Crippen molar-refractivity contribution in [1.29, 1.82) is 0 Å². The second-order valence-electron chi connectivity index (χ2n) is 5.79. The lowest BCUT2D eigenvalue weighted by Gasteiger charge is -2.20. The molecule has 1 aliphatic rings. The lowest BCUT2D eigenvalue weighted by Crippen LogP contribution is -2.27. The van der Waals surface area contributed by atoms with Gasteiger partial charge < -0.3 is 15.5 Å². The van der Waals surface area contributed by atoms with Gasteiger partial charge in [0.25, 0.3) is 5.91 Å². The van der Waals surface area contributed by atoms with Crippen LogP contribution in [-0.4, -0.2) is 46.8 Å². The monoisotopic (exact) mass is 379 g/mol. The number of aromatic nitrogens is 2. The van der Waals surface area contributed by atoms with E-state index in [1.807, 2.05) is 0 Å². The van der Waals surface area contributed by atoms with Gasteiger partial charge in [-0.3, -0.25) is 9.59 Å². The van der Waals surface area contributed by atoms with Crippen molar-refractivity contribution in [2.75, 3.05) is 25.5 Å². The van der Waals surface area contributed by atoms with Gasteiger partial charge in [0.2, 0.25) is 5.91 Å². The number of thiazole rings is 1. The molecule has 0 saturated carbocycles. The lowest BCUT2D eigenvalue weighted by molar-refractivity contribution is -0.116. The van der Waals surface area contributed by atoms with E-state index in [2.05, 4.69) is 32.5 Å². The number of pyridine rings is 1. The number of rotatable bonds is 5. The first-order valence-electron chi connectivity index (χ1n) is 7.88. The van der Waals surface area contributed by atoms with Gasteiger partial charge in [-0.1, -0.05) is 11.6 Å². The lowest BCUT2D eigenvalue weighted by atomic mass is 10.2. The van der Waals surface area contributed by atoms with E-state index < -0.39 is 0 Å². The Morgan fingerprint density at radius 1 is 1.40 bits per heavy atom. The second-order valence-corrected chi connectivity index (χ2v) is 7.31. The number of anilines is 1. The smallest absolute Gasteiger partial charge is 0.280 e. The van der Waals surface area contributed by atoms with Gasteiger partial charge in [-0.15, -0.1) is 11.3 Å². The highest BCUT2D eigenvalue weighted by Crippen LogP contribution is 2.24. The van der Waals surface area contributed by atoms with Gasteiger partial charge in [-0.25, -0.2) is 9.97 Å². The van der Waals surface area contributed by atoms with E-state index in [1.165, 1.54) is 17.5 Å². The fourth-order valence-electron chi connectivity index (χ4n) is 2.44. The first-order valence-corrected chi connectivity index (χ1v) is 9.07. The van der Waals surface area contributed by atoms with Gasteiger partial charge in [0.05, 0.1) is 10.7 Å². The Bertz CT molecular complexity index is 777. The van der Waals surface area contributed by atoms with Crippen LogP contribution >= 0.6 is 22.9 Å². The van der Waals surface area contributed by atoms with Gasteiger partial charge in [-0.2, -0.15) is 0 Å². The molecule has 2 N–H and O–H groups in total. The van der Waals surface area contributed by atoms with Crippen LogP contribution in [0.2, 0.25) is 5.02 Å². The number of carbonyl (C=O) groups excluding carboxylic acids is 2. The van der Waals surface area contributed by atoms with Crippen LogP contribution in [0.4, 0.5) is 5.82 Å². The highest BCUT2D eigenvalue weighted by atomic mass is 35.5. The van der Waals surface area contributed by atoms with E-state index >= 15 is 0 Å². The fourth-order valence-corrected chi connectivity index (χ4v) is 3.66. The zero-order chi connectivity index (χ0) is 17.8. The molecule has 0 fully saturated rings. The van der Waals surface area contributed by atoms with Crippen molar-refractivity contribution in [3.8, 4) is 0 Å². The van der Waals surface area contributed by atoms with Crippen LogP contribution in [0, 0.1) is 0 Å². The summed E-state index contributed by atoms with van der Waals surface area (Å²) in [5.74, 6) is -0.0351. The predicted octanol–water partition coefficient (Wildman–Crippen LogP) is 1.94. The third-order valence-corrected chi connectivity index (χ3v) is 5.05. The zero-order valence-electron chi connectivity index (χ0n) is 13.7. The molecule has 0 aromatic carbocycles. The summed E-state index contributed by atoms with van der Waals surface area (Å²) in [5, 5.41) is 6.35. The van der Waals surface area contributed by atoms with Crippen LogP contribution in [0.3, 0.4) is 0 Å². The number of nitrogens with zero attached hydrogens (tertiary/aromatic N) is 3. The van der Waals surface area contributed by atoms with Crippen molar-refractivity contribution in [3.05, 3.63) is 38.9 Å². The van der Waals surface area contributed by atoms with Crippen LogP contribution in [0.15, 0.2) is 18.3 Å². The molecule has 9 heteroatoms. The quantitative estimate of drug-likeness (QED) is 0.829. The van der Waals surface area contributed by atoms with Crippen molar-refractivity contribution in [1.82, 2.24) is 20.2 Å². The third-order valence-electron chi connectivity index (χ3n) is 3.75. The number of hydrogen-bond acceptors (Lipinski definition) is 6. The Labute approximate surface area is 154 Å². The molecule has 0 unspecified atom stereocenters. The first kappa shape index (κ1) is 17.8. The van der Waals surface area contributed by atoms with Crippen molar-refractivity contribution < 1.29 is 9.59 Å². The molecule has 2 aromatic rings. The summed E-state index contributed by atoms with van der Waals surface area (Å²) in [6, 6.07) is 3.27. The largest absolute Gasteiger partial charge is 0.349 e. The maximum atomic E-state index is 12.2. The van der Waals surface area contributed by atoms with Crippen LogP contribution < -0.4 is 10.6 Å². The number of fused-ring (bicyclic) bond motifs is 1. The number of nitrogens with one attached hydrogen (secondary N) is 2. The maximum Gasteiger partial charge on any atom is 0.280 e. The number of amides is 2. The second kappa shape index (κ2) is 7.90. The Morgan fingerprint density at radius 3 is 3.00 bits per heavy atom. The molecule has 7 nitrogen and oxygen atoms in total. The van der Waals surface area contributed by atoms with Crippen LogP contribution in [0.1, 0.15) is 26.8 Å². The average Bonchev–Trinajstić information content (AvgIpc) is 3.00.